The number of nitrogens with one attached hydrogen (secondary N) is 2. The van der Waals surface area contributed by atoms with Gasteiger partial charge in [-0.25, -0.2) is 4.98 Å². The van der Waals surface area contributed by atoms with E-state index in [1.165, 1.54) is 0 Å². The van der Waals surface area contributed by atoms with E-state index in [2.05, 4.69) is 27.2 Å². The molecule has 7 heteroatoms. The highest BCUT2D eigenvalue weighted by molar-refractivity contribution is 5.78. The fourth-order valence-corrected chi connectivity index (χ4v) is 3.47. The van der Waals surface area contributed by atoms with Crippen LogP contribution in [0, 0.1) is 0 Å². The maximum atomic E-state index is 12.3. The number of fused-ring (bicyclic) bond motifs is 1. The van der Waals surface area contributed by atoms with Crippen LogP contribution in [-0.4, -0.2) is 38.9 Å². The van der Waals surface area contributed by atoms with Crippen LogP contribution in [-0.2, 0) is 30.7 Å². The van der Waals surface area contributed by atoms with Crippen LogP contribution < -0.4 is 10.9 Å². The first kappa shape index (κ1) is 18.2. The zero-order valence-electron chi connectivity index (χ0n) is 15.8. The lowest BCUT2D eigenvalue weighted by atomic mass is 10.0. The molecule has 0 unspecified atom stereocenters. The summed E-state index contributed by atoms with van der Waals surface area (Å²) >= 11 is 0. The third-order valence-electron chi connectivity index (χ3n) is 5.06. The van der Waals surface area contributed by atoms with Crippen LogP contribution in [0.1, 0.15) is 22.4 Å². The van der Waals surface area contributed by atoms with Gasteiger partial charge in [0.25, 0.3) is 5.56 Å². The van der Waals surface area contributed by atoms with Gasteiger partial charge in [-0.15, -0.1) is 0 Å². The zero-order valence-corrected chi connectivity index (χ0v) is 15.8. The Morgan fingerprint density at radius 1 is 1.29 bits per heavy atom. The summed E-state index contributed by atoms with van der Waals surface area (Å²) in [5.74, 6) is -0.107. The molecular weight excluding hydrogens is 354 g/mol. The number of hydrogen-bond acceptors (Lipinski definition) is 4. The molecule has 0 spiro atoms. The molecule has 1 aliphatic rings. The van der Waals surface area contributed by atoms with Gasteiger partial charge >= 0.3 is 0 Å². The number of pyridine rings is 1. The Morgan fingerprint density at radius 3 is 2.86 bits per heavy atom. The number of H-pyrrole nitrogens is 1. The van der Waals surface area contributed by atoms with Crippen LogP contribution in [0.3, 0.4) is 0 Å². The molecule has 1 amide bonds. The Balaban J connectivity index is 1.37. The van der Waals surface area contributed by atoms with E-state index < -0.39 is 0 Å². The molecule has 0 aliphatic carbocycles. The predicted molar refractivity (Wildman–Crippen MR) is 106 cm³/mol. The van der Waals surface area contributed by atoms with Gasteiger partial charge < -0.3 is 19.8 Å². The van der Waals surface area contributed by atoms with E-state index in [0.29, 0.717) is 5.56 Å². The smallest absolute Gasteiger partial charge is 0.253 e. The monoisotopic (exact) mass is 377 g/mol. The lowest BCUT2D eigenvalue weighted by Crippen LogP contribution is -2.32. The van der Waals surface area contributed by atoms with Crippen LogP contribution in [0.15, 0.2) is 53.8 Å². The van der Waals surface area contributed by atoms with Crippen LogP contribution in [0.25, 0.3) is 5.69 Å². The van der Waals surface area contributed by atoms with E-state index in [0.717, 1.165) is 42.0 Å². The number of hydrogen-bond donors (Lipinski definition) is 2. The van der Waals surface area contributed by atoms with E-state index in [4.69, 9.17) is 0 Å². The van der Waals surface area contributed by atoms with Crippen molar-refractivity contribution < 1.29 is 4.79 Å². The van der Waals surface area contributed by atoms with E-state index in [1.54, 1.807) is 12.5 Å². The normalized spacial score (nSPS) is 13.9. The molecule has 1 aliphatic heterocycles. The van der Waals surface area contributed by atoms with Crippen molar-refractivity contribution >= 4 is 5.91 Å². The summed E-state index contributed by atoms with van der Waals surface area (Å²) in [4.78, 5) is 33.8. The third kappa shape index (κ3) is 4.04. The standard InChI is InChI=1S/C21H23N5O2/c1-25-8-6-19-17(13-25)11-16(21(28)24-19)12-23-20(27)10-15-2-4-18(5-3-15)26-9-7-22-14-26/h2-5,7,9,11,14H,6,8,10,12-13H2,1H3,(H,23,27)(H,24,28). The minimum absolute atomic E-state index is 0.107. The van der Waals surface area contributed by atoms with Crippen molar-refractivity contribution in [2.75, 3.05) is 13.6 Å². The highest BCUT2D eigenvalue weighted by Gasteiger charge is 2.16. The molecule has 0 radical (unpaired) electrons. The van der Waals surface area contributed by atoms with Crippen molar-refractivity contribution in [3.63, 3.8) is 0 Å². The summed E-state index contributed by atoms with van der Waals surface area (Å²) in [7, 11) is 2.06. The molecule has 144 valence electrons. The van der Waals surface area contributed by atoms with Gasteiger partial charge in [0.15, 0.2) is 0 Å². The highest BCUT2D eigenvalue weighted by Crippen LogP contribution is 2.15. The largest absolute Gasteiger partial charge is 0.352 e. The third-order valence-corrected chi connectivity index (χ3v) is 5.06. The summed E-state index contributed by atoms with van der Waals surface area (Å²) in [6.07, 6.45) is 6.45. The van der Waals surface area contributed by atoms with E-state index >= 15 is 0 Å². The maximum Gasteiger partial charge on any atom is 0.253 e. The average Bonchev–Trinajstić information content (AvgIpc) is 3.22. The minimum atomic E-state index is -0.117. The molecule has 0 saturated heterocycles. The van der Waals surface area contributed by atoms with Crippen molar-refractivity contribution in [3.8, 4) is 5.69 Å². The molecule has 0 atom stereocenters. The molecule has 2 N–H and O–H groups in total. The number of rotatable bonds is 5. The van der Waals surface area contributed by atoms with Gasteiger partial charge in [-0.2, -0.15) is 0 Å². The molecule has 0 bridgehead atoms. The van der Waals surface area contributed by atoms with Gasteiger partial charge in [-0.1, -0.05) is 12.1 Å². The number of amides is 1. The van der Waals surface area contributed by atoms with Crippen molar-refractivity contribution in [1.29, 1.82) is 0 Å². The average molecular weight is 377 g/mol. The van der Waals surface area contributed by atoms with Gasteiger partial charge in [0.05, 0.1) is 12.7 Å². The number of carbonyl (C=O) groups excluding carboxylic acids is 1. The van der Waals surface area contributed by atoms with Crippen LogP contribution in [0.5, 0.6) is 0 Å². The molecule has 0 saturated carbocycles. The SMILES string of the molecule is CN1CCc2[nH]c(=O)c(CNC(=O)Cc3ccc(-n4ccnc4)cc3)cc2C1. The summed E-state index contributed by atoms with van der Waals surface area (Å²) in [5, 5.41) is 2.86. The Bertz CT molecular complexity index is 1020. The molecule has 3 aromatic rings. The van der Waals surface area contributed by atoms with Crippen molar-refractivity contribution in [2.45, 2.75) is 25.9 Å². The second kappa shape index (κ2) is 7.82. The number of likely N-dealkylation sites (N-methyl/N-ethyl adjacent to an activating group) is 1. The van der Waals surface area contributed by atoms with Crippen molar-refractivity contribution in [1.82, 2.24) is 24.8 Å². The number of imidazole rings is 1. The molecular formula is C21H23N5O2. The van der Waals surface area contributed by atoms with Gasteiger partial charge in [-0.05, 0) is 36.4 Å². The summed E-state index contributed by atoms with van der Waals surface area (Å²) < 4.78 is 1.91. The summed E-state index contributed by atoms with van der Waals surface area (Å²) in [5.41, 5.74) is 4.53. The number of aromatic nitrogens is 3. The number of nitrogens with zero attached hydrogens (tertiary/aromatic N) is 3. The van der Waals surface area contributed by atoms with E-state index in [1.807, 2.05) is 41.1 Å². The van der Waals surface area contributed by atoms with Crippen LogP contribution in [0.4, 0.5) is 0 Å². The first-order valence-electron chi connectivity index (χ1n) is 9.35. The maximum absolute atomic E-state index is 12.3. The first-order chi connectivity index (χ1) is 13.6. The quantitative estimate of drug-likeness (QED) is 0.704. The van der Waals surface area contributed by atoms with Gasteiger partial charge in [0, 0.05) is 55.4 Å². The first-order valence-corrected chi connectivity index (χ1v) is 9.35. The Morgan fingerprint density at radius 2 is 2.11 bits per heavy atom. The van der Waals surface area contributed by atoms with Gasteiger partial charge in [-0.3, -0.25) is 9.59 Å². The lowest BCUT2D eigenvalue weighted by Gasteiger charge is -2.24. The molecule has 0 fully saturated rings. The minimum Gasteiger partial charge on any atom is -0.352 e. The molecule has 28 heavy (non-hydrogen) atoms. The molecule has 4 rings (SSSR count). The summed E-state index contributed by atoms with van der Waals surface area (Å²) in [6.45, 7) is 1.99. The molecule has 7 nitrogen and oxygen atoms in total. The molecule has 3 heterocycles. The van der Waals surface area contributed by atoms with Gasteiger partial charge in [0.1, 0.15) is 0 Å². The van der Waals surface area contributed by atoms with Crippen molar-refractivity contribution in [3.05, 3.63) is 81.8 Å². The number of carbonyl (C=O) groups is 1. The van der Waals surface area contributed by atoms with Crippen LogP contribution >= 0.6 is 0 Å². The fraction of sp³-hybridized carbons (Fsp3) is 0.286. The van der Waals surface area contributed by atoms with E-state index in [9.17, 15) is 9.59 Å². The topological polar surface area (TPSA) is 83.0 Å². The Hall–Kier alpha value is -3.19. The van der Waals surface area contributed by atoms with Crippen LogP contribution in [0.2, 0.25) is 0 Å². The molecule has 1 aromatic carbocycles. The Kier molecular flexibility index (Phi) is 5.08. The zero-order chi connectivity index (χ0) is 19.5. The Labute approximate surface area is 163 Å². The van der Waals surface area contributed by atoms with E-state index in [-0.39, 0.29) is 24.4 Å². The summed E-state index contributed by atoms with van der Waals surface area (Å²) in [6, 6.07) is 9.68. The fourth-order valence-electron chi connectivity index (χ4n) is 3.47. The predicted octanol–water partition coefficient (Wildman–Crippen LogP) is 1.41. The highest BCUT2D eigenvalue weighted by atomic mass is 16.1. The molecule has 2 aromatic heterocycles. The number of aromatic amines is 1. The second-order valence-corrected chi connectivity index (χ2v) is 7.21. The van der Waals surface area contributed by atoms with Crippen molar-refractivity contribution in [2.24, 2.45) is 0 Å². The van der Waals surface area contributed by atoms with Gasteiger partial charge in [0.2, 0.25) is 5.91 Å². The number of benzene rings is 1. The lowest BCUT2D eigenvalue weighted by molar-refractivity contribution is -0.120. The second-order valence-electron chi connectivity index (χ2n) is 7.21.